The van der Waals surface area contributed by atoms with E-state index >= 15 is 0 Å². The lowest BCUT2D eigenvalue weighted by Crippen LogP contribution is -2.23. The molecule has 0 aromatic carbocycles. The van der Waals surface area contributed by atoms with Gasteiger partial charge in [-0.05, 0) is 13.0 Å². The lowest BCUT2D eigenvalue weighted by atomic mass is 10.2. The van der Waals surface area contributed by atoms with Crippen LogP contribution < -0.4 is 5.32 Å². The molecule has 1 heteroatoms. The third kappa shape index (κ3) is 7.96. The number of rotatable bonds is 5. The molecule has 0 saturated carbocycles. The second-order valence-corrected chi connectivity index (χ2v) is 2.67. The third-order valence-corrected chi connectivity index (χ3v) is 1.23. The minimum absolute atomic E-state index is 0.634. The minimum atomic E-state index is 0.634. The fraction of sp³-hybridized carbons (Fsp3) is 0.875. The third-order valence-electron chi connectivity index (χ3n) is 1.23. The van der Waals surface area contributed by atoms with Crippen LogP contribution in [0.5, 0.6) is 0 Å². The molecule has 0 aliphatic rings. The summed E-state index contributed by atoms with van der Waals surface area (Å²) in [6.45, 7) is 9.26. The van der Waals surface area contributed by atoms with E-state index < -0.39 is 0 Å². The van der Waals surface area contributed by atoms with Crippen molar-refractivity contribution in [2.24, 2.45) is 0 Å². The maximum Gasteiger partial charge on any atom is 0.00103 e. The summed E-state index contributed by atoms with van der Waals surface area (Å²) in [5.41, 5.74) is 0. The zero-order valence-electron chi connectivity index (χ0n) is 6.61. The van der Waals surface area contributed by atoms with E-state index in [9.17, 15) is 0 Å². The van der Waals surface area contributed by atoms with Crippen LogP contribution in [-0.4, -0.2) is 12.6 Å². The molecule has 1 nitrogen and oxygen atoms in total. The summed E-state index contributed by atoms with van der Waals surface area (Å²) in [4.78, 5) is 0. The molecule has 0 atom stereocenters. The molecule has 0 heterocycles. The molecular weight excluding hydrogens is 110 g/mol. The first kappa shape index (κ1) is 8.96. The van der Waals surface area contributed by atoms with Crippen molar-refractivity contribution in [1.29, 1.82) is 0 Å². The average Bonchev–Trinajstić information content (AvgIpc) is 1.80. The van der Waals surface area contributed by atoms with E-state index in [-0.39, 0.29) is 0 Å². The van der Waals surface area contributed by atoms with Crippen molar-refractivity contribution in [3.05, 3.63) is 6.92 Å². The summed E-state index contributed by atoms with van der Waals surface area (Å²) in [7, 11) is 0. The van der Waals surface area contributed by atoms with Crippen LogP contribution in [0.25, 0.3) is 0 Å². The molecule has 0 aromatic rings. The van der Waals surface area contributed by atoms with Gasteiger partial charge in [-0.2, -0.15) is 0 Å². The van der Waals surface area contributed by atoms with Gasteiger partial charge < -0.3 is 5.32 Å². The molecule has 9 heavy (non-hydrogen) atoms. The smallest absolute Gasteiger partial charge is 0.00103 e. The summed E-state index contributed by atoms with van der Waals surface area (Å²) < 4.78 is 0. The van der Waals surface area contributed by atoms with Crippen molar-refractivity contribution in [3.63, 3.8) is 0 Å². The van der Waals surface area contributed by atoms with Gasteiger partial charge in [0.25, 0.3) is 0 Å². The highest BCUT2D eigenvalue weighted by Gasteiger charge is 1.89. The van der Waals surface area contributed by atoms with E-state index in [0.717, 1.165) is 13.0 Å². The Kier molecular flexibility index (Phi) is 6.06. The Bertz CT molecular complexity index is 50.5. The van der Waals surface area contributed by atoms with E-state index in [2.05, 4.69) is 26.1 Å². The van der Waals surface area contributed by atoms with Gasteiger partial charge >= 0.3 is 0 Å². The largest absolute Gasteiger partial charge is 0.315 e. The molecular formula is C8H18N. The van der Waals surface area contributed by atoms with E-state index in [4.69, 9.17) is 0 Å². The van der Waals surface area contributed by atoms with E-state index in [0.29, 0.717) is 6.04 Å². The second kappa shape index (κ2) is 6.09. The molecule has 55 valence electrons. The zero-order chi connectivity index (χ0) is 7.11. The topological polar surface area (TPSA) is 12.0 Å². The lowest BCUT2D eigenvalue weighted by Gasteiger charge is -2.05. The predicted octanol–water partition coefficient (Wildman–Crippen LogP) is 1.99. The Hall–Kier alpha value is -0.0400. The summed E-state index contributed by atoms with van der Waals surface area (Å²) in [6.07, 6.45) is 3.58. The van der Waals surface area contributed by atoms with Crippen molar-refractivity contribution >= 4 is 0 Å². The number of hydrogen-bond acceptors (Lipinski definition) is 1. The standard InChI is InChI=1S/C8H18N/c1-4-5-6-7-9-8(2)3/h8-9H,1,4-7H2,2-3H3. The Morgan fingerprint density at radius 1 is 1.33 bits per heavy atom. The van der Waals surface area contributed by atoms with Gasteiger partial charge in [-0.3, -0.25) is 0 Å². The number of unbranched alkanes of at least 4 members (excludes halogenated alkanes) is 2. The van der Waals surface area contributed by atoms with Crippen LogP contribution in [0.4, 0.5) is 0 Å². The first-order valence-corrected chi connectivity index (χ1v) is 3.80. The first-order chi connectivity index (χ1) is 4.27. The van der Waals surface area contributed by atoms with Gasteiger partial charge in [-0.25, -0.2) is 0 Å². The summed E-state index contributed by atoms with van der Waals surface area (Å²) in [6, 6.07) is 0.634. The fourth-order valence-electron chi connectivity index (χ4n) is 0.693. The van der Waals surface area contributed by atoms with Gasteiger partial charge in [-0.15, -0.1) is 0 Å². The van der Waals surface area contributed by atoms with Crippen molar-refractivity contribution in [2.75, 3.05) is 6.54 Å². The average molecular weight is 128 g/mol. The normalized spacial score (nSPS) is 10.7. The fourth-order valence-corrected chi connectivity index (χ4v) is 0.693. The van der Waals surface area contributed by atoms with Crippen LogP contribution in [0.3, 0.4) is 0 Å². The molecule has 0 aromatic heterocycles. The van der Waals surface area contributed by atoms with Crippen LogP contribution in [0, 0.1) is 6.92 Å². The minimum Gasteiger partial charge on any atom is -0.315 e. The van der Waals surface area contributed by atoms with E-state index in [1.54, 1.807) is 0 Å². The maximum absolute atomic E-state index is 3.77. The van der Waals surface area contributed by atoms with Crippen LogP contribution in [-0.2, 0) is 0 Å². The van der Waals surface area contributed by atoms with E-state index in [1.165, 1.54) is 12.8 Å². The monoisotopic (exact) mass is 128 g/mol. The van der Waals surface area contributed by atoms with Crippen molar-refractivity contribution in [2.45, 2.75) is 39.2 Å². The molecule has 0 aliphatic heterocycles. The second-order valence-electron chi connectivity index (χ2n) is 2.67. The molecule has 0 rings (SSSR count). The molecule has 0 amide bonds. The highest BCUT2D eigenvalue weighted by molar-refractivity contribution is 4.52. The molecule has 0 aliphatic carbocycles. The van der Waals surface area contributed by atoms with Crippen molar-refractivity contribution in [3.8, 4) is 0 Å². The molecule has 1 radical (unpaired) electrons. The number of hydrogen-bond donors (Lipinski definition) is 1. The highest BCUT2D eigenvalue weighted by Crippen LogP contribution is 1.91. The van der Waals surface area contributed by atoms with Crippen LogP contribution in [0.1, 0.15) is 33.1 Å². The summed E-state index contributed by atoms with van der Waals surface area (Å²) in [5, 5.41) is 3.35. The van der Waals surface area contributed by atoms with Gasteiger partial charge in [-0.1, -0.05) is 33.6 Å². The molecule has 0 bridgehead atoms. The van der Waals surface area contributed by atoms with Crippen molar-refractivity contribution in [1.82, 2.24) is 5.32 Å². The quantitative estimate of drug-likeness (QED) is 0.558. The van der Waals surface area contributed by atoms with Gasteiger partial charge in [0.1, 0.15) is 0 Å². The highest BCUT2D eigenvalue weighted by atomic mass is 14.9. The summed E-state index contributed by atoms with van der Waals surface area (Å²) in [5.74, 6) is 0. The van der Waals surface area contributed by atoms with Gasteiger partial charge in [0, 0.05) is 6.04 Å². The Morgan fingerprint density at radius 2 is 2.00 bits per heavy atom. The SMILES string of the molecule is [CH2]CCCCNC(C)C. The van der Waals surface area contributed by atoms with Gasteiger partial charge in [0.15, 0.2) is 0 Å². The molecule has 0 spiro atoms. The lowest BCUT2D eigenvalue weighted by molar-refractivity contribution is 0.559. The van der Waals surface area contributed by atoms with Crippen LogP contribution in [0.15, 0.2) is 0 Å². The zero-order valence-corrected chi connectivity index (χ0v) is 6.61. The Labute approximate surface area is 58.8 Å². The van der Waals surface area contributed by atoms with Gasteiger partial charge in [0.05, 0.1) is 0 Å². The first-order valence-electron chi connectivity index (χ1n) is 3.80. The van der Waals surface area contributed by atoms with E-state index in [1.807, 2.05) is 0 Å². The van der Waals surface area contributed by atoms with Crippen LogP contribution in [0.2, 0.25) is 0 Å². The summed E-state index contributed by atoms with van der Waals surface area (Å²) >= 11 is 0. The molecule has 0 unspecified atom stereocenters. The Morgan fingerprint density at radius 3 is 2.44 bits per heavy atom. The van der Waals surface area contributed by atoms with Crippen LogP contribution >= 0.6 is 0 Å². The molecule has 0 fully saturated rings. The Balaban J connectivity index is 2.75. The molecule has 0 saturated heterocycles. The van der Waals surface area contributed by atoms with Gasteiger partial charge in [0.2, 0.25) is 0 Å². The molecule has 1 N–H and O–H groups in total. The predicted molar refractivity (Wildman–Crippen MR) is 42.3 cm³/mol. The number of nitrogens with one attached hydrogen (secondary N) is 1. The maximum atomic E-state index is 3.77. The van der Waals surface area contributed by atoms with Crippen molar-refractivity contribution < 1.29 is 0 Å².